The Morgan fingerprint density at radius 3 is 1.92 bits per heavy atom. The smallest absolute Gasteiger partial charge is 0.195 e. The van der Waals surface area contributed by atoms with Gasteiger partial charge in [-0.1, -0.05) is 145 Å². The molecular weight excluding hydrogens is 615 g/mol. The summed E-state index contributed by atoms with van der Waals surface area (Å²) >= 11 is 1.74. The van der Waals surface area contributed by atoms with Crippen LogP contribution in [0.5, 0.6) is 0 Å². The van der Waals surface area contributed by atoms with Crippen LogP contribution in [0, 0.1) is 0 Å². The van der Waals surface area contributed by atoms with Gasteiger partial charge in [0.25, 0.3) is 0 Å². The van der Waals surface area contributed by atoms with Crippen LogP contribution in [0.15, 0.2) is 176 Å². The highest BCUT2D eigenvalue weighted by atomic mass is 32.1. The summed E-state index contributed by atoms with van der Waals surface area (Å²) in [5.74, 6) is 0. The third-order valence-electron chi connectivity index (χ3n) is 9.58. The van der Waals surface area contributed by atoms with Crippen molar-refractivity contribution in [3.05, 3.63) is 176 Å². The highest BCUT2D eigenvalue weighted by molar-refractivity contribution is 7.23. The lowest BCUT2D eigenvalue weighted by Gasteiger charge is -2.12. The van der Waals surface area contributed by atoms with Crippen molar-refractivity contribution < 1.29 is 0 Å². The lowest BCUT2D eigenvalue weighted by Crippen LogP contribution is -1.95. The molecule has 0 bridgehead atoms. The highest BCUT2D eigenvalue weighted by Gasteiger charge is 2.23. The maximum atomic E-state index is 5.39. The van der Waals surface area contributed by atoms with Gasteiger partial charge in [0.1, 0.15) is 0 Å². The fraction of sp³-hybridized carbons (Fsp3) is 0. The Labute approximate surface area is 287 Å². The fourth-order valence-electron chi connectivity index (χ4n) is 7.38. The number of imidazole rings is 1. The predicted octanol–water partition coefficient (Wildman–Crippen LogP) is 12.3. The summed E-state index contributed by atoms with van der Waals surface area (Å²) in [5.41, 5.74) is 13.8. The quantitative estimate of drug-likeness (QED) is 0.183. The Balaban J connectivity index is 1.24. The highest BCUT2D eigenvalue weighted by Crippen LogP contribution is 2.43. The van der Waals surface area contributed by atoms with Crippen molar-refractivity contribution in [1.82, 2.24) is 14.0 Å². The van der Waals surface area contributed by atoms with E-state index in [2.05, 4.69) is 185 Å². The van der Waals surface area contributed by atoms with Crippen molar-refractivity contribution >= 4 is 48.3 Å². The standard InChI is InChI=1S/C45H29N3S/c1-3-14-30(15-4-1)32-18-13-19-34(28-32)47-39-23-10-9-21-36(39)38-29-33(26-27-40(38)47)44-43(46-45-48(44)41-24-11-12-25-42(41)49-45)37-22-8-7-20-35(37)31-16-5-2-6-17-31/h1-29H. The molecule has 0 saturated carbocycles. The van der Waals surface area contributed by atoms with Crippen LogP contribution in [0.2, 0.25) is 0 Å². The number of para-hydroxylation sites is 2. The van der Waals surface area contributed by atoms with Gasteiger partial charge in [0, 0.05) is 27.6 Å². The van der Waals surface area contributed by atoms with E-state index in [1.54, 1.807) is 11.3 Å². The van der Waals surface area contributed by atoms with E-state index in [1.807, 2.05) is 0 Å². The molecule has 3 aromatic heterocycles. The molecule has 230 valence electrons. The minimum atomic E-state index is 0.995. The number of thiazole rings is 1. The van der Waals surface area contributed by atoms with E-state index in [4.69, 9.17) is 4.98 Å². The van der Waals surface area contributed by atoms with Crippen LogP contribution in [-0.4, -0.2) is 14.0 Å². The van der Waals surface area contributed by atoms with E-state index in [0.717, 1.165) is 33.2 Å². The number of nitrogens with zero attached hydrogens (tertiary/aromatic N) is 3. The monoisotopic (exact) mass is 643 g/mol. The maximum Gasteiger partial charge on any atom is 0.195 e. The number of fused-ring (bicyclic) bond motifs is 6. The van der Waals surface area contributed by atoms with Gasteiger partial charge >= 0.3 is 0 Å². The summed E-state index contributed by atoms with van der Waals surface area (Å²) in [4.78, 5) is 6.39. The lowest BCUT2D eigenvalue weighted by atomic mass is 9.95. The number of aromatic nitrogens is 3. The summed E-state index contributed by atoms with van der Waals surface area (Å²) in [5, 5.41) is 2.45. The molecule has 0 saturated heterocycles. The zero-order chi connectivity index (χ0) is 32.3. The minimum Gasteiger partial charge on any atom is -0.309 e. The van der Waals surface area contributed by atoms with Gasteiger partial charge in [-0.25, -0.2) is 4.98 Å². The van der Waals surface area contributed by atoms with Crippen LogP contribution in [0.1, 0.15) is 0 Å². The number of hydrogen-bond acceptors (Lipinski definition) is 2. The Hall–Kier alpha value is -6.23. The Morgan fingerprint density at radius 2 is 1.08 bits per heavy atom. The van der Waals surface area contributed by atoms with E-state index in [0.29, 0.717) is 0 Å². The second kappa shape index (κ2) is 11.2. The summed E-state index contributed by atoms with van der Waals surface area (Å²) in [6.07, 6.45) is 0. The van der Waals surface area contributed by atoms with Gasteiger partial charge in [-0.2, -0.15) is 0 Å². The molecule has 0 spiro atoms. The zero-order valence-electron chi connectivity index (χ0n) is 26.5. The van der Waals surface area contributed by atoms with Crippen LogP contribution < -0.4 is 0 Å². The normalized spacial score (nSPS) is 11.7. The van der Waals surface area contributed by atoms with Gasteiger partial charge in [-0.3, -0.25) is 4.40 Å². The second-order valence-electron chi connectivity index (χ2n) is 12.4. The van der Waals surface area contributed by atoms with Crippen molar-refractivity contribution in [2.75, 3.05) is 0 Å². The molecule has 0 fully saturated rings. The third kappa shape index (κ3) is 4.46. The van der Waals surface area contributed by atoms with E-state index >= 15 is 0 Å². The SMILES string of the molecule is c1ccc(-c2cccc(-n3c4ccccc4c4cc(-c5c(-c6ccccc6-c6ccccc6)nc6sc7ccccc7n56)ccc43)c2)cc1. The van der Waals surface area contributed by atoms with Crippen LogP contribution in [0.4, 0.5) is 0 Å². The molecule has 10 rings (SSSR count). The molecule has 0 aliphatic rings. The molecule has 0 amide bonds. The molecule has 3 heterocycles. The molecule has 10 aromatic rings. The van der Waals surface area contributed by atoms with Crippen molar-refractivity contribution in [1.29, 1.82) is 0 Å². The van der Waals surface area contributed by atoms with Crippen molar-refractivity contribution in [3.8, 4) is 50.5 Å². The van der Waals surface area contributed by atoms with Crippen molar-refractivity contribution in [3.63, 3.8) is 0 Å². The van der Waals surface area contributed by atoms with Crippen LogP contribution in [0.25, 0.3) is 87.4 Å². The van der Waals surface area contributed by atoms with Gasteiger partial charge in [-0.05, 0) is 64.7 Å². The zero-order valence-corrected chi connectivity index (χ0v) is 27.3. The van der Waals surface area contributed by atoms with E-state index in [-0.39, 0.29) is 0 Å². The average Bonchev–Trinajstić information content (AvgIpc) is 3.83. The molecule has 0 aliphatic heterocycles. The topological polar surface area (TPSA) is 22.2 Å². The maximum absolute atomic E-state index is 5.39. The molecule has 0 unspecified atom stereocenters. The average molecular weight is 644 g/mol. The number of rotatable bonds is 5. The van der Waals surface area contributed by atoms with Gasteiger partial charge in [0.2, 0.25) is 0 Å². The van der Waals surface area contributed by atoms with Gasteiger partial charge in [0.05, 0.1) is 32.6 Å². The van der Waals surface area contributed by atoms with E-state index < -0.39 is 0 Å². The molecule has 0 atom stereocenters. The molecule has 49 heavy (non-hydrogen) atoms. The first-order valence-corrected chi connectivity index (χ1v) is 17.4. The molecular formula is C45H29N3S. The molecule has 0 N–H and O–H groups in total. The van der Waals surface area contributed by atoms with E-state index in [1.165, 1.54) is 54.3 Å². The van der Waals surface area contributed by atoms with Gasteiger partial charge < -0.3 is 4.57 Å². The minimum absolute atomic E-state index is 0.995. The molecule has 0 aliphatic carbocycles. The Bertz CT molecular complexity index is 2820. The lowest BCUT2D eigenvalue weighted by molar-refractivity contribution is 1.18. The third-order valence-corrected chi connectivity index (χ3v) is 10.6. The van der Waals surface area contributed by atoms with Gasteiger partial charge in [0.15, 0.2) is 4.96 Å². The van der Waals surface area contributed by atoms with Crippen LogP contribution in [-0.2, 0) is 0 Å². The van der Waals surface area contributed by atoms with Crippen LogP contribution >= 0.6 is 11.3 Å². The molecule has 4 heteroatoms. The Kier molecular flexibility index (Phi) is 6.36. The fourth-order valence-corrected chi connectivity index (χ4v) is 8.41. The summed E-state index contributed by atoms with van der Waals surface area (Å²) in [6.45, 7) is 0. The summed E-state index contributed by atoms with van der Waals surface area (Å²) in [6, 6.07) is 63.1. The van der Waals surface area contributed by atoms with E-state index in [9.17, 15) is 0 Å². The molecule has 3 nitrogen and oxygen atoms in total. The molecule has 0 radical (unpaired) electrons. The van der Waals surface area contributed by atoms with Gasteiger partial charge in [-0.15, -0.1) is 0 Å². The van der Waals surface area contributed by atoms with Crippen LogP contribution in [0.3, 0.4) is 0 Å². The largest absolute Gasteiger partial charge is 0.309 e. The first kappa shape index (κ1) is 27.8. The summed E-state index contributed by atoms with van der Waals surface area (Å²) < 4.78 is 5.99. The molecule has 7 aromatic carbocycles. The summed E-state index contributed by atoms with van der Waals surface area (Å²) in [7, 11) is 0. The van der Waals surface area contributed by atoms with Crippen molar-refractivity contribution in [2.24, 2.45) is 0 Å². The first-order chi connectivity index (χ1) is 24.3. The van der Waals surface area contributed by atoms with Crippen molar-refractivity contribution in [2.45, 2.75) is 0 Å². The second-order valence-corrected chi connectivity index (χ2v) is 13.4. The number of hydrogen-bond donors (Lipinski definition) is 0. The Morgan fingerprint density at radius 1 is 0.429 bits per heavy atom. The first-order valence-electron chi connectivity index (χ1n) is 16.6. The predicted molar refractivity (Wildman–Crippen MR) is 207 cm³/mol. The number of benzene rings is 7.